The lowest BCUT2D eigenvalue weighted by Crippen LogP contribution is -2.51. The number of amidine groups is 1. The molecule has 216 valence electrons. The van der Waals surface area contributed by atoms with Gasteiger partial charge in [0.1, 0.15) is 0 Å². The van der Waals surface area contributed by atoms with Crippen molar-refractivity contribution >= 4 is 33.5 Å². The van der Waals surface area contributed by atoms with Gasteiger partial charge >= 0.3 is 6.18 Å². The minimum absolute atomic E-state index is 0.0570. The van der Waals surface area contributed by atoms with Crippen LogP contribution in [-0.2, 0) is 14.8 Å². The van der Waals surface area contributed by atoms with Gasteiger partial charge in [-0.05, 0) is 48.2 Å². The molecule has 0 atom stereocenters. The molecule has 40 heavy (non-hydrogen) atoms. The lowest BCUT2D eigenvalue weighted by Gasteiger charge is -2.36. The average molecular weight is 579 g/mol. The number of hydrogen-bond donors (Lipinski definition) is 2. The van der Waals surface area contributed by atoms with Crippen molar-refractivity contribution in [3.63, 3.8) is 0 Å². The van der Waals surface area contributed by atoms with E-state index in [1.165, 1.54) is 15.3 Å². The monoisotopic (exact) mass is 578 g/mol. The highest BCUT2D eigenvalue weighted by Gasteiger charge is 2.36. The molecule has 0 spiro atoms. The first kappa shape index (κ1) is 29.8. The molecule has 3 N–H and O–H groups in total. The number of sulfonamides is 1. The summed E-state index contributed by atoms with van der Waals surface area (Å²) >= 11 is 0. The van der Waals surface area contributed by atoms with Crippen LogP contribution in [0.2, 0.25) is 0 Å². The number of hydrogen-bond acceptors (Lipinski definition) is 6. The lowest BCUT2D eigenvalue weighted by molar-refractivity contribution is -0.143. The minimum Gasteiger partial charge on any atom is -0.396 e. The third-order valence-electron chi connectivity index (χ3n) is 6.98. The van der Waals surface area contributed by atoms with Gasteiger partial charge in [-0.25, -0.2) is 13.4 Å². The Hall–Kier alpha value is -3.22. The Morgan fingerprint density at radius 3 is 2.52 bits per heavy atom. The molecule has 4 rings (SSSR count). The molecule has 2 aromatic rings. The Morgan fingerprint density at radius 1 is 1.12 bits per heavy atom. The molecule has 0 bridgehead atoms. The van der Waals surface area contributed by atoms with Gasteiger partial charge < -0.3 is 15.7 Å². The highest BCUT2D eigenvalue weighted by Crippen LogP contribution is 2.34. The molecule has 0 unspecified atom stereocenters. The van der Waals surface area contributed by atoms with Crippen LogP contribution in [0.25, 0.3) is 17.2 Å². The molecule has 0 aromatic heterocycles. The standard InChI is InChI=1S/C28H33F3N4O4S/c1-2-11-34(12-10-28(29,30)31)27(37)23-8-9-26(32)33-25-15-21(6-7-22(25)13-23)20-4-3-5-24(14-20)40(38,39)35-16-19(17-35)18-36/h3-7,13-15,19,36H,2,8-12,16-18H2,1H3,(H2,32,33)/b23-13+. The van der Waals surface area contributed by atoms with Crippen LogP contribution in [0.15, 0.2) is 57.9 Å². The third kappa shape index (κ3) is 6.91. The fourth-order valence-electron chi connectivity index (χ4n) is 4.71. The summed E-state index contributed by atoms with van der Waals surface area (Å²) in [5.41, 5.74) is 8.86. The molecular weight excluding hydrogens is 545 g/mol. The van der Waals surface area contributed by atoms with Gasteiger partial charge in [-0.2, -0.15) is 17.5 Å². The predicted octanol–water partition coefficient (Wildman–Crippen LogP) is 4.32. The summed E-state index contributed by atoms with van der Waals surface area (Å²) in [5.74, 6) is -0.233. The van der Waals surface area contributed by atoms with Crippen LogP contribution < -0.4 is 5.73 Å². The number of halogens is 3. The van der Waals surface area contributed by atoms with Gasteiger partial charge in [-0.15, -0.1) is 0 Å². The lowest BCUT2D eigenvalue weighted by atomic mass is 9.98. The Labute approximate surface area is 232 Å². The zero-order valence-corrected chi connectivity index (χ0v) is 23.0. The predicted molar refractivity (Wildman–Crippen MR) is 147 cm³/mol. The van der Waals surface area contributed by atoms with E-state index in [0.717, 1.165) is 0 Å². The van der Waals surface area contributed by atoms with Crippen molar-refractivity contribution in [2.24, 2.45) is 16.6 Å². The second kappa shape index (κ2) is 12.1. The number of aliphatic imine (C=N–C) groups is 1. The normalized spacial score (nSPS) is 18.0. The van der Waals surface area contributed by atoms with Gasteiger partial charge in [0.15, 0.2) is 0 Å². The molecular formula is C28H33F3N4O4S. The van der Waals surface area contributed by atoms with Crippen molar-refractivity contribution in [3.05, 3.63) is 53.6 Å². The maximum Gasteiger partial charge on any atom is 0.390 e. The van der Waals surface area contributed by atoms with Gasteiger partial charge in [0, 0.05) is 56.3 Å². The van der Waals surface area contributed by atoms with E-state index in [4.69, 9.17) is 5.73 Å². The third-order valence-corrected chi connectivity index (χ3v) is 8.81. The van der Waals surface area contributed by atoms with E-state index in [2.05, 4.69) is 4.99 Å². The number of aliphatic hydroxyl groups excluding tert-OH is 1. The summed E-state index contributed by atoms with van der Waals surface area (Å²) in [4.78, 5) is 19.1. The Balaban J connectivity index is 1.63. The number of fused-ring (bicyclic) bond motifs is 1. The average Bonchev–Trinajstić information content (AvgIpc) is 2.87. The zero-order valence-electron chi connectivity index (χ0n) is 22.2. The number of aliphatic hydroxyl groups is 1. The van der Waals surface area contributed by atoms with Crippen molar-refractivity contribution < 1.29 is 31.5 Å². The van der Waals surface area contributed by atoms with E-state index in [-0.39, 0.29) is 55.7 Å². The van der Waals surface area contributed by atoms with Crippen LogP contribution in [0.1, 0.15) is 38.2 Å². The SMILES string of the molecule is CCCN(CCC(F)(F)F)C(=O)/C1=C/c2ccc(-c3cccc(S(=O)(=O)N4CC(CO)C4)c3)cc2N=C(N)CC1. The molecule has 0 saturated carbocycles. The summed E-state index contributed by atoms with van der Waals surface area (Å²) in [6, 6.07) is 11.8. The van der Waals surface area contributed by atoms with Gasteiger partial charge in [0.2, 0.25) is 15.9 Å². The van der Waals surface area contributed by atoms with Gasteiger partial charge in [0.25, 0.3) is 0 Å². The van der Waals surface area contributed by atoms with Crippen LogP contribution in [0, 0.1) is 5.92 Å². The van der Waals surface area contributed by atoms with E-state index < -0.39 is 35.1 Å². The number of alkyl halides is 3. The van der Waals surface area contributed by atoms with Crippen molar-refractivity contribution in [1.82, 2.24) is 9.21 Å². The Morgan fingerprint density at radius 2 is 1.85 bits per heavy atom. The highest BCUT2D eigenvalue weighted by atomic mass is 32.2. The summed E-state index contributed by atoms with van der Waals surface area (Å²) in [5, 5.41) is 9.23. The number of rotatable bonds is 9. The number of nitrogens with zero attached hydrogens (tertiary/aromatic N) is 3. The van der Waals surface area contributed by atoms with E-state index in [0.29, 0.717) is 34.4 Å². The van der Waals surface area contributed by atoms with E-state index in [9.17, 15) is 31.5 Å². The van der Waals surface area contributed by atoms with E-state index >= 15 is 0 Å². The summed E-state index contributed by atoms with van der Waals surface area (Å²) in [7, 11) is -3.70. The molecule has 1 saturated heterocycles. The number of benzene rings is 2. The van der Waals surface area contributed by atoms with Crippen molar-refractivity contribution in [3.8, 4) is 11.1 Å². The first-order valence-corrected chi connectivity index (χ1v) is 14.6. The summed E-state index contributed by atoms with van der Waals surface area (Å²) in [6.07, 6.45) is -2.77. The first-order valence-electron chi connectivity index (χ1n) is 13.2. The van der Waals surface area contributed by atoms with Crippen molar-refractivity contribution in [1.29, 1.82) is 0 Å². The molecule has 12 heteroatoms. The first-order chi connectivity index (χ1) is 18.9. The van der Waals surface area contributed by atoms with Crippen molar-refractivity contribution in [2.75, 3.05) is 32.8 Å². The molecule has 2 aliphatic rings. The fourth-order valence-corrected chi connectivity index (χ4v) is 6.35. The van der Waals surface area contributed by atoms with Gasteiger partial charge in [-0.3, -0.25) is 4.79 Å². The fraction of sp³-hybridized carbons (Fsp3) is 0.429. The van der Waals surface area contributed by atoms with E-state index in [1.807, 2.05) is 0 Å². The van der Waals surface area contributed by atoms with Gasteiger partial charge in [-0.1, -0.05) is 31.2 Å². The van der Waals surface area contributed by atoms with Gasteiger partial charge in [0.05, 0.1) is 22.8 Å². The maximum atomic E-state index is 13.3. The topological polar surface area (TPSA) is 116 Å². The Kier molecular flexibility index (Phi) is 9.01. The quantitative estimate of drug-likeness (QED) is 0.460. The Bertz CT molecular complexity index is 1420. The molecule has 0 radical (unpaired) electrons. The molecule has 1 fully saturated rings. The molecule has 2 heterocycles. The van der Waals surface area contributed by atoms with Crippen LogP contribution in [0.3, 0.4) is 0 Å². The van der Waals surface area contributed by atoms with E-state index in [1.54, 1.807) is 49.4 Å². The molecule has 0 aliphatic carbocycles. The summed E-state index contributed by atoms with van der Waals surface area (Å²) < 4.78 is 65.9. The minimum atomic E-state index is -4.37. The number of carbonyl (C=O) groups excluding carboxylic acids is 1. The van der Waals surface area contributed by atoms with Crippen LogP contribution in [0.5, 0.6) is 0 Å². The number of nitrogens with two attached hydrogens (primary N) is 1. The smallest absolute Gasteiger partial charge is 0.390 e. The van der Waals surface area contributed by atoms with Crippen molar-refractivity contribution in [2.45, 2.75) is 43.7 Å². The highest BCUT2D eigenvalue weighted by molar-refractivity contribution is 7.89. The number of carbonyl (C=O) groups is 1. The maximum absolute atomic E-state index is 13.3. The molecule has 2 aromatic carbocycles. The second-order valence-electron chi connectivity index (χ2n) is 10.1. The largest absolute Gasteiger partial charge is 0.396 e. The van der Waals surface area contributed by atoms with Crippen LogP contribution >= 0.6 is 0 Å². The molecule has 8 nitrogen and oxygen atoms in total. The molecule has 1 amide bonds. The molecule has 2 aliphatic heterocycles. The zero-order chi connectivity index (χ0) is 29.1. The number of amides is 1. The summed E-state index contributed by atoms with van der Waals surface area (Å²) in [6.45, 7) is 2.08. The second-order valence-corrected chi connectivity index (χ2v) is 12.0. The van der Waals surface area contributed by atoms with Crippen LogP contribution in [0.4, 0.5) is 18.9 Å². The van der Waals surface area contributed by atoms with Crippen LogP contribution in [-0.4, -0.2) is 73.4 Å².